The molecular weight excluding hydrogens is 272 g/mol. The van der Waals surface area contributed by atoms with Crippen molar-refractivity contribution >= 4 is 10.0 Å². The maximum Gasteiger partial charge on any atom is 0.218 e. The Morgan fingerprint density at radius 3 is 2.50 bits per heavy atom. The van der Waals surface area contributed by atoms with Gasteiger partial charge in [0.25, 0.3) is 0 Å². The van der Waals surface area contributed by atoms with Gasteiger partial charge in [-0.05, 0) is 37.3 Å². The molecular formula is C15H24N2O2S. The van der Waals surface area contributed by atoms with E-state index in [4.69, 9.17) is 5.73 Å². The third-order valence-corrected chi connectivity index (χ3v) is 6.16. The zero-order valence-electron chi connectivity index (χ0n) is 12.2. The molecule has 1 aromatic carbocycles. The lowest BCUT2D eigenvalue weighted by atomic mass is 10.1. The molecule has 1 aliphatic heterocycles. The van der Waals surface area contributed by atoms with E-state index in [1.807, 2.05) is 31.2 Å². The van der Waals surface area contributed by atoms with Gasteiger partial charge in [0.2, 0.25) is 10.0 Å². The van der Waals surface area contributed by atoms with Gasteiger partial charge in [-0.25, -0.2) is 8.42 Å². The van der Waals surface area contributed by atoms with Gasteiger partial charge in [-0.1, -0.05) is 31.2 Å². The minimum atomic E-state index is -3.28. The van der Waals surface area contributed by atoms with Gasteiger partial charge in [0, 0.05) is 18.6 Å². The summed E-state index contributed by atoms with van der Waals surface area (Å²) in [4.78, 5) is 0. The average Bonchev–Trinajstić information content (AvgIpc) is 2.81. The molecule has 0 amide bonds. The van der Waals surface area contributed by atoms with Gasteiger partial charge in [-0.15, -0.1) is 0 Å². The molecule has 0 radical (unpaired) electrons. The third kappa shape index (κ3) is 3.05. The van der Waals surface area contributed by atoms with Crippen molar-refractivity contribution in [3.05, 3.63) is 35.4 Å². The van der Waals surface area contributed by atoms with Crippen LogP contribution in [0.2, 0.25) is 0 Å². The molecule has 0 saturated carbocycles. The summed E-state index contributed by atoms with van der Waals surface area (Å²) in [5, 5.41) is 0. The number of rotatable bonds is 5. The van der Waals surface area contributed by atoms with Crippen LogP contribution in [-0.2, 0) is 22.3 Å². The van der Waals surface area contributed by atoms with Crippen molar-refractivity contribution in [2.45, 2.75) is 57.5 Å². The molecule has 2 N–H and O–H groups in total. The normalized spacial score (nSPS) is 24.1. The number of hydrogen-bond acceptors (Lipinski definition) is 3. The highest BCUT2D eigenvalue weighted by Crippen LogP contribution is 2.30. The van der Waals surface area contributed by atoms with Crippen LogP contribution in [0.25, 0.3) is 0 Å². The second kappa shape index (κ2) is 6.24. The number of hydrogen-bond donors (Lipinski definition) is 1. The van der Waals surface area contributed by atoms with Gasteiger partial charge >= 0.3 is 0 Å². The number of benzene rings is 1. The highest BCUT2D eigenvalue weighted by molar-refractivity contribution is 7.88. The first-order chi connectivity index (χ1) is 9.49. The van der Waals surface area contributed by atoms with Crippen molar-refractivity contribution in [2.24, 2.45) is 5.73 Å². The number of sulfonamides is 1. The Bertz CT molecular complexity index is 557. The average molecular weight is 296 g/mol. The smallest absolute Gasteiger partial charge is 0.218 e. The van der Waals surface area contributed by atoms with Crippen molar-refractivity contribution in [2.75, 3.05) is 0 Å². The van der Waals surface area contributed by atoms with E-state index in [0.717, 1.165) is 30.4 Å². The quantitative estimate of drug-likeness (QED) is 0.906. The molecule has 1 aromatic rings. The minimum Gasteiger partial charge on any atom is -0.326 e. The van der Waals surface area contributed by atoms with Crippen LogP contribution in [0.5, 0.6) is 0 Å². The summed E-state index contributed by atoms with van der Waals surface area (Å²) < 4.78 is 27.2. The molecule has 1 fully saturated rings. The Balaban J connectivity index is 2.27. The fourth-order valence-electron chi connectivity index (χ4n) is 3.10. The molecule has 0 bridgehead atoms. The van der Waals surface area contributed by atoms with Crippen molar-refractivity contribution < 1.29 is 8.42 Å². The largest absolute Gasteiger partial charge is 0.326 e. The highest BCUT2D eigenvalue weighted by Gasteiger charge is 2.38. The predicted molar refractivity (Wildman–Crippen MR) is 81.6 cm³/mol. The van der Waals surface area contributed by atoms with Crippen LogP contribution in [0, 0.1) is 0 Å². The van der Waals surface area contributed by atoms with E-state index in [9.17, 15) is 8.42 Å². The van der Waals surface area contributed by atoms with Gasteiger partial charge in [-0.3, -0.25) is 0 Å². The van der Waals surface area contributed by atoms with E-state index < -0.39 is 10.0 Å². The minimum absolute atomic E-state index is 0.0568. The van der Waals surface area contributed by atoms with Gasteiger partial charge in [-0.2, -0.15) is 4.31 Å². The van der Waals surface area contributed by atoms with Crippen LogP contribution in [-0.4, -0.2) is 24.8 Å². The Labute approximate surface area is 122 Å². The van der Waals surface area contributed by atoms with Crippen LogP contribution in [0.1, 0.15) is 44.2 Å². The fourth-order valence-corrected chi connectivity index (χ4v) is 5.29. The van der Waals surface area contributed by atoms with E-state index in [0.29, 0.717) is 6.54 Å². The summed E-state index contributed by atoms with van der Waals surface area (Å²) >= 11 is 0. The molecule has 2 rings (SSSR count). The van der Waals surface area contributed by atoms with Crippen LogP contribution in [0.15, 0.2) is 24.3 Å². The van der Waals surface area contributed by atoms with E-state index in [1.54, 1.807) is 4.31 Å². The fraction of sp³-hybridized carbons (Fsp3) is 0.600. The summed E-state index contributed by atoms with van der Waals surface area (Å²) in [7, 11) is -3.28. The Hall–Kier alpha value is -0.910. The van der Waals surface area contributed by atoms with E-state index in [1.165, 1.54) is 0 Å². The zero-order valence-corrected chi connectivity index (χ0v) is 13.1. The van der Waals surface area contributed by atoms with Crippen molar-refractivity contribution in [3.8, 4) is 0 Å². The first-order valence-corrected chi connectivity index (χ1v) is 8.88. The molecule has 2 atom stereocenters. The summed E-state index contributed by atoms with van der Waals surface area (Å²) in [5.41, 5.74) is 7.43. The maximum absolute atomic E-state index is 12.7. The summed E-state index contributed by atoms with van der Waals surface area (Å²) in [5.74, 6) is 0.0568. The van der Waals surface area contributed by atoms with Crippen LogP contribution in [0.3, 0.4) is 0 Å². The topological polar surface area (TPSA) is 63.4 Å². The molecule has 112 valence electrons. The molecule has 1 heterocycles. The third-order valence-electron chi connectivity index (χ3n) is 4.18. The van der Waals surface area contributed by atoms with Crippen molar-refractivity contribution in [1.29, 1.82) is 0 Å². The first-order valence-electron chi connectivity index (χ1n) is 7.27. The van der Waals surface area contributed by atoms with Crippen molar-refractivity contribution in [3.63, 3.8) is 0 Å². The monoisotopic (exact) mass is 296 g/mol. The van der Waals surface area contributed by atoms with Gasteiger partial charge < -0.3 is 5.73 Å². The summed E-state index contributed by atoms with van der Waals surface area (Å²) in [6.45, 7) is 4.43. The number of nitrogens with two attached hydrogens (primary N) is 1. The lowest BCUT2D eigenvalue weighted by molar-refractivity contribution is 0.328. The second-order valence-electron chi connectivity index (χ2n) is 5.55. The zero-order chi connectivity index (χ0) is 14.8. The maximum atomic E-state index is 12.7. The Morgan fingerprint density at radius 1 is 1.25 bits per heavy atom. The predicted octanol–water partition coefficient (Wildman–Crippen LogP) is 2.24. The first kappa shape index (κ1) is 15.5. The van der Waals surface area contributed by atoms with Crippen molar-refractivity contribution in [1.82, 2.24) is 4.31 Å². The van der Waals surface area contributed by atoms with Crippen LogP contribution < -0.4 is 5.73 Å². The second-order valence-corrected chi connectivity index (χ2v) is 7.42. The molecule has 1 aliphatic rings. The Morgan fingerprint density at radius 2 is 1.90 bits per heavy atom. The van der Waals surface area contributed by atoms with Crippen LogP contribution in [0.4, 0.5) is 0 Å². The lowest BCUT2D eigenvalue weighted by Gasteiger charge is -2.27. The summed E-state index contributed by atoms with van der Waals surface area (Å²) in [6, 6.07) is 7.78. The molecule has 5 heteroatoms. The molecule has 4 nitrogen and oxygen atoms in total. The van der Waals surface area contributed by atoms with Crippen LogP contribution >= 0.6 is 0 Å². The number of nitrogens with zero attached hydrogens (tertiary/aromatic N) is 1. The van der Waals surface area contributed by atoms with Gasteiger partial charge in [0.1, 0.15) is 0 Å². The summed E-state index contributed by atoms with van der Waals surface area (Å²) in [6.07, 6.45) is 2.80. The molecule has 0 spiro atoms. The molecule has 0 aliphatic carbocycles. The highest BCUT2D eigenvalue weighted by atomic mass is 32.2. The molecule has 2 unspecified atom stereocenters. The van der Waals surface area contributed by atoms with Gasteiger partial charge in [0.05, 0.1) is 5.75 Å². The van der Waals surface area contributed by atoms with E-state index in [-0.39, 0.29) is 17.8 Å². The SMILES string of the molecule is CCC1CCC(C)N1S(=O)(=O)Cc1ccccc1CN. The molecule has 20 heavy (non-hydrogen) atoms. The Kier molecular flexibility index (Phi) is 4.83. The molecule has 0 aromatic heterocycles. The molecule has 1 saturated heterocycles. The van der Waals surface area contributed by atoms with Gasteiger partial charge in [0.15, 0.2) is 0 Å². The standard InChI is InChI=1S/C15H24N2O2S/c1-3-15-9-8-12(2)17(15)20(18,19)11-14-7-5-4-6-13(14)10-16/h4-7,12,15H,3,8-11,16H2,1-2H3. The van der Waals surface area contributed by atoms with E-state index in [2.05, 4.69) is 6.92 Å². The van der Waals surface area contributed by atoms with E-state index >= 15 is 0 Å². The lowest BCUT2D eigenvalue weighted by Crippen LogP contribution is -2.40.